The van der Waals surface area contributed by atoms with Crippen LogP contribution >= 0.6 is 11.6 Å². The first-order valence-corrected chi connectivity index (χ1v) is 7.56. The third-order valence-electron chi connectivity index (χ3n) is 3.50. The van der Waals surface area contributed by atoms with E-state index in [2.05, 4.69) is 31.0 Å². The molecule has 0 atom stereocenters. The lowest BCUT2D eigenvalue weighted by Gasteiger charge is -2.35. The average molecular weight is 321 g/mol. The van der Waals surface area contributed by atoms with Gasteiger partial charge in [0.2, 0.25) is 5.91 Å². The third-order valence-corrected chi connectivity index (χ3v) is 3.93. The van der Waals surface area contributed by atoms with Gasteiger partial charge in [0.15, 0.2) is 0 Å². The first kappa shape index (κ1) is 16.4. The normalized spacial score (nSPS) is 14.7. The Morgan fingerprint density at radius 3 is 2.73 bits per heavy atom. The minimum Gasteiger partial charge on any atom is -0.506 e. The molecule has 1 aromatic rings. The van der Waals surface area contributed by atoms with Crippen LogP contribution in [-0.4, -0.2) is 28.0 Å². The summed E-state index contributed by atoms with van der Waals surface area (Å²) in [5.41, 5.74) is 1.44. The van der Waals surface area contributed by atoms with E-state index in [0.717, 1.165) is 12.2 Å². The van der Waals surface area contributed by atoms with E-state index in [1.165, 1.54) is 6.07 Å². The molecule has 1 aliphatic heterocycles. The van der Waals surface area contributed by atoms with E-state index >= 15 is 0 Å². The highest BCUT2D eigenvalue weighted by Gasteiger charge is 2.19. The molecule has 2 N–H and O–H groups in total. The highest BCUT2D eigenvalue weighted by Crippen LogP contribution is 2.27. The van der Waals surface area contributed by atoms with Gasteiger partial charge >= 0.3 is 0 Å². The second-order valence-electron chi connectivity index (χ2n) is 6.27. The Kier molecular flexibility index (Phi) is 4.81. The highest BCUT2D eigenvalue weighted by atomic mass is 35.5. The Labute approximate surface area is 136 Å². The van der Waals surface area contributed by atoms with Gasteiger partial charge in [-0.3, -0.25) is 4.79 Å². The lowest BCUT2D eigenvalue weighted by atomic mass is 10.1. The average Bonchev–Trinajstić information content (AvgIpc) is 2.43. The van der Waals surface area contributed by atoms with E-state index in [1.807, 2.05) is 18.4 Å². The molecule has 0 aliphatic carbocycles. The molecular weight excluding hydrogens is 300 g/mol. The maximum absolute atomic E-state index is 12.1. The number of halogens is 1. The van der Waals surface area contributed by atoms with Crippen molar-refractivity contribution in [2.75, 3.05) is 6.54 Å². The SMILES string of the molecule is CC(C)(C)N1C=CC(NC(=O)Cc2cccc(O)c2Cl)=CC1. The van der Waals surface area contributed by atoms with Gasteiger partial charge in [-0.1, -0.05) is 23.7 Å². The quantitative estimate of drug-likeness (QED) is 0.899. The molecule has 1 amide bonds. The minimum atomic E-state index is -0.160. The minimum absolute atomic E-state index is 0.00966. The largest absolute Gasteiger partial charge is 0.506 e. The summed E-state index contributed by atoms with van der Waals surface area (Å²) in [6, 6.07) is 4.90. The van der Waals surface area contributed by atoms with Gasteiger partial charge in [-0.05, 0) is 44.6 Å². The number of aromatic hydroxyl groups is 1. The second-order valence-corrected chi connectivity index (χ2v) is 6.65. The molecule has 0 aromatic heterocycles. The van der Waals surface area contributed by atoms with Gasteiger partial charge in [-0.25, -0.2) is 0 Å². The zero-order valence-corrected chi connectivity index (χ0v) is 13.8. The van der Waals surface area contributed by atoms with Crippen molar-refractivity contribution in [1.29, 1.82) is 0 Å². The number of amides is 1. The molecule has 0 unspecified atom stereocenters. The van der Waals surface area contributed by atoms with Gasteiger partial charge in [0.05, 0.1) is 11.4 Å². The molecule has 0 bridgehead atoms. The number of hydrogen-bond donors (Lipinski definition) is 2. The molecular formula is C17H21ClN2O2. The molecule has 5 heteroatoms. The number of hydrogen-bond acceptors (Lipinski definition) is 3. The van der Waals surface area contributed by atoms with Crippen LogP contribution in [0.15, 0.2) is 42.2 Å². The van der Waals surface area contributed by atoms with Crippen LogP contribution in [0.25, 0.3) is 0 Å². The number of nitrogens with one attached hydrogen (secondary N) is 1. The maximum Gasteiger partial charge on any atom is 0.228 e. The fraction of sp³-hybridized carbons (Fsp3) is 0.353. The molecule has 4 nitrogen and oxygen atoms in total. The summed E-state index contributed by atoms with van der Waals surface area (Å²) in [5.74, 6) is -0.169. The lowest BCUT2D eigenvalue weighted by molar-refractivity contribution is -0.119. The number of nitrogens with zero attached hydrogens (tertiary/aromatic N) is 1. The van der Waals surface area contributed by atoms with Crippen LogP contribution in [0.2, 0.25) is 5.02 Å². The summed E-state index contributed by atoms with van der Waals surface area (Å²) < 4.78 is 0. The first-order chi connectivity index (χ1) is 10.3. The molecule has 0 radical (unpaired) electrons. The molecule has 1 heterocycles. The summed E-state index contributed by atoms with van der Waals surface area (Å²) in [6.07, 6.45) is 5.97. The summed E-state index contributed by atoms with van der Waals surface area (Å²) in [5, 5.41) is 12.6. The number of carbonyl (C=O) groups excluding carboxylic acids is 1. The topological polar surface area (TPSA) is 52.6 Å². The number of carbonyl (C=O) groups is 1. The number of phenols is 1. The van der Waals surface area contributed by atoms with Gasteiger partial charge in [-0.15, -0.1) is 0 Å². The van der Waals surface area contributed by atoms with Crippen LogP contribution in [0.3, 0.4) is 0 Å². The van der Waals surface area contributed by atoms with Crippen molar-refractivity contribution >= 4 is 17.5 Å². The molecule has 0 saturated carbocycles. The van der Waals surface area contributed by atoms with Gasteiger partial charge in [0.25, 0.3) is 0 Å². The summed E-state index contributed by atoms with van der Waals surface area (Å²) in [4.78, 5) is 14.3. The zero-order valence-electron chi connectivity index (χ0n) is 13.1. The van der Waals surface area contributed by atoms with Crippen molar-refractivity contribution in [1.82, 2.24) is 10.2 Å². The fourth-order valence-electron chi connectivity index (χ4n) is 2.17. The summed E-state index contributed by atoms with van der Waals surface area (Å²) in [6.45, 7) is 7.17. The van der Waals surface area contributed by atoms with Crippen molar-refractivity contribution in [3.63, 3.8) is 0 Å². The van der Waals surface area contributed by atoms with Gasteiger partial charge in [-0.2, -0.15) is 0 Å². The van der Waals surface area contributed by atoms with Crippen LogP contribution in [0.4, 0.5) is 0 Å². The van der Waals surface area contributed by atoms with Crippen molar-refractivity contribution in [3.05, 3.63) is 52.8 Å². The Morgan fingerprint density at radius 1 is 1.41 bits per heavy atom. The number of benzene rings is 1. The van der Waals surface area contributed by atoms with E-state index in [-0.39, 0.29) is 28.6 Å². The van der Waals surface area contributed by atoms with Crippen LogP contribution in [0.5, 0.6) is 5.75 Å². The highest BCUT2D eigenvalue weighted by molar-refractivity contribution is 6.33. The van der Waals surface area contributed by atoms with Crippen LogP contribution < -0.4 is 5.32 Å². The van der Waals surface area contributed by atoms with E-state index in [9.17, 15) is 9.90 Å². The number of phenolic OH excluding ortho intramolecular Hbond substituents is 1. The van der Waals surface area contributed by atoms with Crippen molar-refractivity contribution in [2.45, 2.75) is 32.7 Å². The molecule has 2 rings (SSSR count). The van der Waals surface area contributed by atoms with E-state index < -0.39 is 0 Å². The Morgan fingerprint density at radius 2 is 2.14 bits per heavy atom. The fourth-order valence-corrected chi connectivity index (χ4v) is 2.36. The Bertz CT molecular complexity index is 630. The maximum atomic E-state index is 12.1. The van der Waals surface area contributed by atoms with Crippen molar-refractivity contribution < 1.29 is 9.90 Å². The molecule has 0 saturated heterocycles. The van der Waals surface area contributed by atoms with E-state index in [4.69, 9.17) is 11.6 Å². The Balaban J connectivity index is 1.95. The lowest BCUT2D eigenvalue weighted by Crippen LogP contribution is -2.39. The number of rotatable bonds is 3. The smallest absolute Gasteiger partial charge is 0.228 e. The summed E-state index contributed by atoms with van der Waals surface area (Å²) >= 11 is 5.98. The van der Waals surface area contributed by atoms with E-state index in [1.54, 1.807) is 12.1 Å². The molecule has 22 heavy (non-hydrogen) atoms. The molecule has 118 valence electrons. The van der Waals surface area contributed by atoms with Crippen molar-refractivity contribution in [2.24, 2.45) is 0 Å². The molecule has 1 aromatic carbocycles. The van der Waals surface area contributed by atoms with Gasteiger partial charge < -0.3 is 15.3 Å². The third kappa shape index (κ3) is 4.04. The zero-order chi connectivity index (χ0) is 16.3. The monoisotopic (exact) mass is 320 g/mol. The predicted molar refractivity (Wildman–Crippen MR) is 88.6 cm³/mol. The van der Waals surface area contributed by atoms with Crippen LogP contribution in [-0.2, 0) is 11.2 Å². The van der Waals surface area contributed by atoms with Gasteiger partial charge in [0, 0.05) is 24.0 Å². The van der Waals surface area contributed by atoms with Crippen molar-refractivity contribution in [3.8, 4) is 5.75 Å². The standard InChI is InChI=1S/C17H21ClN2O2/c1-17(2,3)20-9-7-13(8-10-20)19-15(22)11-12-5-4-6-14(21)16(12)18/h4-9,21H,10-11H2,1-3H3,(H,19,22). The van der Waals surface area contributed by atoms with Gasteiger partial charge in [0.1, 0.15) is 5.75 Å². The van der Waals surface area contributed by atoms with E-state index in [0.29, 0.717) is 5.56 Å². The van der Waals surface area contributed by atoms with Crippen LogP contribution in [0, 0.1) is 0 Å². The predicted octanol–water partition coefficient (Wildman–Crippen LogP) is 3.22. The number of allylic oxidation sites excluding steroid dienone is 1. The second kappa shape index (κ2) is 6.44. The summed E-state index contributed by atoms with van der Waals surface area (Å²) in [7, 11) is 0. The first-order valence-electron chi connectivity index (χ1n) is 7.18. The molecule has 0 spiro atoms. The molecule has 0 fully saturated rings. The Hall–Kier alpha value is -1.94. The molecule has 1 aliphatic rings. The van der Waals surface area contributed by atoms with Crippen LogP contribution in [0.1, 0.15) is 26.3 Å².